The molecule has 11 nitrogen and oxygen atoms in total. The lowest BCUT2D eigenvalue weighted by Crippen LogP contribution is -2.22. The van der Waals surface area contributed by atoms with Gasteiger partial charge >= 0.3 is 0 Å². The van der Waals surface area contributed by atoms with E-state index < -0.39 is 0 Å². The fraction of sp³-hybridized carbons (Fsp3) is 0.161. The fourth-order valence-corrected chi connectivity index (χ4v) is 8.39. The van der Waals surface area contributed by atoms with Crippen molar-refractivity contribution >= 4 is 63.6 Å². The Bertz CT molecular complexity index is 2750. The van der Waals surface area contributed by atoms with Crippen molar-refractivity contribution in [1.29, 1.82) is 0 Å². The largest absolute Gasteiger partial charge is 0.387 e. The van der Waals surface area contributed by atoms with Gasteiger partial charge in [-0.05, 0) is 83.6 Å². The van der Waals surface area contributed by atoms with Crippen LogP contribution in [0.2, 0.25) is 15.1 Å². The van der Waals surface area contributed by atoms with Gasteiger partial charge in [-0.1, -0.05) is 189 Å². The van der Waals surface area contributed by atoms with Crippen LogP contribution in [0, 0.1) is 0 Å². The Hall–Kier alpha value is -7.44. The number of aliphatic imine (C=N–C) groups is 2. The number of nitrogens with two attached hydrogens (primary N) is 3. The number of benzene rings is 6. The first-order valence-electron chi connectivity index (χ1n) is 22.2. The fourth-order valence-electron chi connectivity index (χ4n) is 8.01. The molecule has 3 aliphatic rings. The lowest BCUT2D eigenvalue weighted by molar-refractivity contribution is 0.388. The third kappa shape index (κ3) is 13.4. The van der Waals surface area contributed by atoms with Crippen LogP contribution in [0.4, 0.5) is 0 Å². The number of amidine groups is 2. The quantitative estimate of drug-likeness (QED) is 0.0869. The van der Waals surface area contributed by atoms with E-state index in [2.05, 4.69) is 71.2 Å². The van der Waals surface area contributed by atoms with E-state index in [0.717, 1.165) is 33.8 Å². The SMILES string of the molecule is C.C=C(N)N1C[C@H](c2ccccc2)C(c2ccc(Cl)cc2)=N1.C=C(N=C(C)N)N1CC(c2ccccc2)C(c2ccc(Cl)cc2)=N1.C=C(N=C(C)N)N1C[C@H](c2ccccc2)C(c2ccc(Cl)cc2)=N1. The Kier molecular flexibility index (Phi) is 18.0. The van der Waals surface area contributed by atoms with Gasteiger partial charge in [0, 0.05) is 32.8 Å². The van der Waals surface area contributed by atoms with Crippen molar-refractivity contribution in [3.63, 3.8) is 0 Å². The van der Waals surface area contributed by atoms with Crippen molar-refractivity contribution in [2.45, 2.75) is 39.0 Å². The van der Waals surface area contributed by atoms with E-state index in [4.69, 9.17) is 62.2 Å². The number of halogens is 3. The van der Waals surface area contributed by atoms with Crippen LogP contribution < -0.4 is 17.2 Å². The summed E-state index contributed by atoms with van der Waals surface area (Å²) in [5.74, 6) is 2.92. The van der Waals surface area contributed by atoms with Gasteiger partial charge in [0.2, 0.25) is 0 Å². The second-order valence-electron chi connectivity index (χ2n) is 16.4. The van der Waals surface area contributed by atoms with Crippen molar-refractivity contribution < 1.29 is 0 Å². The molecule has 6 N–H and O–H groups in total. The molecule has 6 aromatic rings. The van der Waals surface area contributed by atoms with Crippen molar-refractivity contribution in [3.8, 4) is 0 Å². The molecular weight excluding hydrogens is 933 g/mol. The van der Waals surface area contributed by atoms with Crippen LogP contribution in [-0.4, -0.2) is 63.5 Å². The smallest absolute Gasteiger partial charge is 0.143 e. The molecule has 0 aliphatic carbocycles. The van der Waals surface area contributed by atoms with Gasteiger partial charge in [-0.2, -0.15) is 15.3 Å². The van der Waals surface area contributed by atoms with Gasteiger partial charge in [-0.15, -0.1) is 0 Å². The lowest BCUT2D eigenvalue weighted by Gasteiger charge is -2.16. The van der Waals surface area contributed by atoms with E-state index in [1.54, 1.807) is 28.9 Å². The normalized spacial score (nSPS) is 17.5. The summed E-state index contributed by atoms with van der Waals surface area (Å²) >= 11 is 18.0. The van der Waals surface area contributed by atoms with E-state index in [-0.39, 0.29) is 25.2 Å². The monoisotopic (exact) mass is 989 g/mol. The molecule has 0 radical (unpaired) electrons. The third-order valence-electron chi connectivity index (χ3n) is 11.3. The number of hydrogen-bond acceptors (Lipinski definition) is 9. The van der Waals surface area contributed by atoms with Gasteiger partial charge in [0.1, 0.15) is 17.5 Å². The van der Waals surface area contributed by atoms with Crippen LogP contribution >= 0.6 is 34.8 Å². The number of rotatable bonds is 11. The van der Waals surface area contributed by atoms with Gasteiger partial charge in [0.05, 0.1) is 48.4 Å². The molecule has 3 heterocycles. The molecule has 0 saturated carbocycles. The summed E-state index contributed by atoms with van der Waals surface area (Å²) in [6.45, 7) is 17.3. The zero-order valence-corrected chi connectivity index (χ0v) is 40.8. The molecule has 9 rings (SSSR count). The summed E-state index contributed by atoms with van der Waals surface area (Å²) in [6.07, 6.45) is 0. The van der Waals surface area contributed by atoms with Crippen LogP contribution in [0.3, 0.4) is 0 Å². The molecule has 3 aliphatic heterocycles. The molecule has 14 heteroatoms. The summed E-state index contributed by atoms with van der Waals surface area (Å²) in [5.41, 5.74) is 26.8. The van der Waals surface area contributed by atoms with Crippen LogP contribution in [0.1, 0.15) is 72.4 Å². The predicted molar refractivity (Wildman–Crippen MR) is 295 cm³/mol. The number of hydrazone groups is 3. The summed E-state index contributed by atoms with van der Waals surface area (Å²) in [6, 6.07) is 54.1. The van der Waals surface area contributed by atoms with Crippen molar-refractivity contribution in [2.75, 3.05) is 19.6 Å². The van der Waals surface area contributed by atoms with E-state index in [9.17, 15) is 0 Å². The number of hydrogen-bond donors (Lipinski definition) is 3. The molecule has 0 amide bonds. The molecule has 0 bridgehead atoms. The Morgan fingerprint density at radius 1 is 0.443 bits per heavy atom. The Morgan fingerprint density at radius 2 is 0.700 bits per heavy atom. The van der Waals surface area contributed by atoms with Crippen LogP contribution in [-0.2, 0) is 0 Å². The maximum atomic E-state index is 6.01. The van der Waals surface area contributed by atoms with Gasteiger partial charge in [0.15, 0.2) is 0 Å². The van der Waals surface area contributed by atoms with Crippen molar-refractivity contribution in [2.24, 2.45) is 42.5 Å². The molecule has 0 spiro atoms. The molecular formula is C56H58Cl3N11. The van der Waals surface area contributed by atoms with Crippen LogP contribution in [0.25, 0.3) is 0 Å². The van der Waals surface area contributed by atoms with Crippen molar-refractivity contribution in [1.82, 2.24) is 15.0 Å². The first-order valence-corrected chi connectivity index (χ1v) is 23.3. The zero-order valence-electron chi connectivity index (χ0n) is 38.5. The topological polar surface area (TPSA) is 150 Å². The zero-order chi connectivity index (χ0) is 49.0. The molecule has 358 valence electrons. The highest BCUT2D eigenvalue weighted by molar-refractivity contribution is 6.31. The Balaban J connectivity index is 0.000000171. The Labute approximate surface area is 427 Å². The minimum atomic E-state index is 0. The van der Waals surface area contributed by atoms with Gasteiger partial charge in [0.25, 0.3) is 0 Å². The lowest BCUT2D eigenvalue weighted by atomic mass is 9.91. The molecule has 0 saturated heterocycles. The van der Waals surface area contributed by atoms with Gasteiger partial charge in [-0.3, -0.25) is 0 Å². The first kappa shape index (κ1) is 51.9. The molecule has 6 aromatic carbocycles. The average molecular weight is 992 g/mol. The third-order valence-corrected chi connectivity index (χ3v) is 12.1. The van der Waals surface area contributed by atoms with E-state index >= 15 is 0 Å². The van der Waals surface area contributed by atoms with E-state index in [1.807, 2.05) is 127 Å². The van der Waals surface area contributed by atoms with Gasteiger partial charge < -0.3 is 17.2 Å². The van der Waals surface area contributed by atoms with Crippen LogP contribution in [0.15, 0.2) is 226 Å². The summed E-state index contributed by atoms with van der Waals surface area (Å²) in [5, 5.41) is 21.6. The second-order valence-corrected chi connectivity index (χ2v) is 17.8. The summed E-state index contributed by atoms with van der Waals surface area (Å²) < 4.78 is 0. The molecule has 1 unspecified atom stereocenters. The van der Waals surface area contributed by atoms with E-state index in [1.165, 1.54) is 16.7 Å². The second kappa shape index (κ2) is 24.2. The minimum Gasteiger partial charge on any atom is -0.387 e. The van der Waals surface area contributed by atoms with E-state index in [0.29, 0.717) is 63.8 Å². The number of nitrogens with zero attached hydrogens (tertiary/aromatic N) is 8. The Morgan fingerprint density at radius 3 is 0.957 bits per heavy atom. The maximum absolute atomic E-state index is 6.01. The predicted octanol–water partition coefficient (Wildman–Crippen LogP) is 12.2. The first-order chi connectivity index (χ1) is 33.2. The minimum absolute atomic E-state index is 0. The van der Waals surface area contributed by atoms with Gasteiger partial charge in [-0.25, -0.2) is 25.0 Å². The highest BCUT2D eigenvalue weighted by Gasteiger charge is 2.32. The highest BCUT2D eigenvalue weighted by atomic mass is 35.5. The molecule has 0 fully saturated rings. The summed E-state index contributed by atoms with van der Waals surface area (Å²) in [7, 11) is 0. The maximum Gasteiger partial charge on any atom is 0.143 e. The average Bonchev–Trinajstić information content (AvgIpc) is 4.12. The van der Waals surface area contributed by atoms with Crippen LogP contribution in [0.5, 0.6) is 0 Å². The standard InChI is InChI=1S/2C19H19ClN4.C17H16ClN3.CH4/c2*1-13(21)22-14(2)24-12-18(15-6-4-3-5-7-15)19(23-24)16-8-10-17(20)11-9-16;1-12(19)21-11-16(13-5-3-2-4-6-13)17(20-21)14-7-9-15(18)10-8-14;/h2*3-11,18H,2,12H2,1H3,(H2,21,22);2-10,16H,1,11,19H2;1H4/t18-;;16-;/m1.1./s1. The highest BCUT2D eigenvalue weighted by Crippen LogP contribution is 2.34. The molecule has 0 aromatic heterocycles. The molecule has 70 heavy (non-hydrogen) atoms. The molecule has 3 atom stereocenters. The van der Waals surface area contributed by atoms with Crippen molar-refractivity contribution in [3.05, 3.63) is 249 Å². The summed E-state index contributed by atoms with van der Waals surface area (Å²) in [4.78, 5) is 8.45.